The van der Waals surface area contributed by atoms with Crippen LogP contribution >= 0.6 is 0 Å². The summed E-state index contributed by atoms with van der Waals surface area (Å²) in [4.78, 5) is 25.3. The van der Waals surface area contributed by atoms with Gasteiger partial charge in [0.2, 0.25) is 5.91 Å². The third kappa shape index (κ3) is 4.07. The normalized spacial score (nSPS) is 15.6. The number of amides is 1. The molecule has 1 fully saturated rings. The van der Waals surface area contributed by atoms with Crippen LogP contribution in [0.1, 0.15) is 18.4 Å². The van der Waals surface area contributed by atoms with Gasteiger partial charge < -0.3 is 14.8 Å². The molecule has 1 aliphatic heterocycles. The summed E-state index contributed by atoms with van der Waals surface area (Å²) in [5.74, 6) is 0.561. The van der Waals surface area contributed by atoms with Crippen LogP contribution in [0.5, 0.6) is 5.75 Å². The van der Waals surface area contributed by atoms with Gasteiger partial charge in [0.25, 0.3) is 5.56 Å². The molecular formula is C23H25N3O4. The van der Waals surface area contributed by atoms with Crippen molar-refractivity contribution < 1.29 is 14.3 Å². The first-order valence-corrected chi connectivity index (χ1v) is 10.1. The number of hydrogen-bond acceptors (Lipinski definition) is 5. The largest absolute Gasteiger partial charge is 0.497 e. The summed E-state index contributed by atoms with van der Waals surface area (Å²) in [6, 6.07) is 15.2. The minimum atomic E-state index is -0.265. The number of fused-ring (bicyclic) bond motifs is 1. The molecule has 3 aromatic rings. The van der Waals surface area contributed by atoms with E-state index in [-0.39, 0.29) is 23.4 Å². The highest BCUT2D eigenvalue weighted by atomic mass is 16.5. The van der Waals surface area contributed by atoms with Crippen LogP contribution < -0.4 is 15.6 Å². The maximum atomic E-state index is 12.7. The van der Waals surface area contributed by atoms with Crippen LogP contribution in [0.3, 0.4) is 0 Å². The second kappa shape index (κ2) is 8.67. The molecule has 1 aliphatic rings. The topological polar surface area (TPSA) is 82.5 Å². The second-order valence-corrected chi connectivity index (χ2v) is 7.59. The fraction of sp³-hybridized carbons (Fsp3) is 0.348. The summed E-state index contributed by atoms with van der Waals surface area (Å²) >= 11 is 0. The predicted octanol–water partition coefficient (Wildman–Crippen LogP) is 2.27. The van der Waals surface area contributed by atoms with Crippen molar-refractivity contribution in [3.8, 4) is 5.75 Å². The lowest BCUT2D eigenvalue weighted by atomic mass is 9.74. The average Bonchev–Trinajstić information content (AvgIpc) is 2.80. The number of benzene rings is 2. The van der Waals surface area contributed by atoms with E-state index in [4.69, 9.17) is 9.47 Å². The van der Waals surface area contributed by atoms with Crippen molar-refractivity contribution in [2.24, 2.45) is 0 Å². The Balaban J connectivity index is 1.49. The Morgan fingerprint density at radius 2 is 1.90 bits per heavy atom. The molecule has 0 unspecified atom stereocenters. The zero-order valence-electron chi connectivity index (χ0n) is 17.0. The van der Waals surface area contributed by atoms with Gasteiger partial charge in [0.1, 0.15) is 12.3 Å². The quantitative estimate of drug-likeness (QED) is 0.678. The molecule has 0 radical (unpaired) electrons. The van der Waals surface area contributed by atoms with E-state index in [1.807, 2.05) is 36.4 Å². The Labute approximate surface area is 174 Å². The van der Waals surface area contributed by atoms with Crippen molar-refractivity contribution in [3.05, 3.63) is 70.6 Å². The molecule has 0 bridgehead atoms. The summed E-state index contributed by atoms with van der Waals surface area (Å²) in [6.07, 6.45) is 3.24. The first-order chi connectivity index (χ1) is 14.6. The number of nitrogens with zero attached hydrogens (tertiary/aromatic N) is 2. The predicted molar refractivity (Wildman–Crippen MR) is 114 cm³/mol. The van der Waals surface area contributed by atoms with Crippen molar-refractivity contribution in [3.63, 3.8) is 0 Å². The Kier molecular flexibility index (Phi) is 5.81. The molecule has 30 heavy (non-hydrogen) atoms. The van der Waals surface area contributed by atoms with Crippen LogP contribution in [-0.2, 0) is 21.5 Å². The molecule has 1 saturated heterocycles. The molecule has 2 aromatic carbocycles. The lowest BCUT2D eigenvalue weighted by molar-refractivity contribution is -0.122. The number of aromatic nitrogens is 2. The lowest BCUT2D eigenvalue weighted by Crippen LogP contribution is -2.46. The molecule has 156 valence electrons. The zero-order chi connectivity index (χ0) is 21.0. The second-order valence-electron chi connectivity index (χ2n) is 7.59. The minimum absolute atomic E-state index is 0.112. The first-order valence-electron chi connectivity index (χ1n) is 10.1. The number of rotatable bonds is 6. The van der Waals surface area contributed by atoms with Gasteiger partial charge in [-0.2, -0.15) is 5.10 Å². The van der Waals surface area contributed by atoms with Gasteiger partial charge in [-0.3, -0.25) is 9.59 Å². The Morgan fingerprint density at radius 3 is 2.63 bits per heavy atom. The maximum Gasteiger partial charge on any atom is 0.275 e. The van der Waals surface area contributed by atoms with Gasteiger partial charge >= 0.3 is 0 Å². The fourth-order valence-corrected chi connectivity index (χ4v) is 3.97. The van der Waals surface area contributed by atoms with Crippen LogP contribution in [0, 0.1) is 0 Å². The number of carbonyl (C=O) groups is 1. The molecule has 7 nitrogen and oxygen atoms in total. The summed E-state index contributed by atoms with van der Waals surface area (Å²) in [6.45, 7) is 1.66. The van der Waals surface area contributed by atoms with E-state index in [1.54, 1.807) is 25.4 Å². The Hall–Kier alpha value is -3.19. The molecular weight excluding hydrogens is 382 g/mol. The fourth-order valence-electron chi connectivity index (χ4n) is 3.97. The van der Waals surface area contributed by atoms with E-state index in [2.05, 4.69) is 10.4 Å². The molecule has 1 N–H and O–H groups in total. The molecule has 0 aliphatic carbocycles. The van der Waals surface area contributed by atoms with Crippen molar-refractivity contribution in [1.82, 2.24) is 15.1 Å². The van der Waals surface area contributed by atoms with Gasteiger partial charge in [-0.1, -0.05) is 30.3 Å². The highest BCUT2D eigenvalue weighted by Crippen LogP contribution is 2.35. The lowest BCUT2D eigenvalue weighted by Gasteiger charge is -2.38. The van der Waals surface area contributed by atoms with E-state index >= 15 is 0 Å². The van der Waals surface area contributed by atoms with Gasteiger partial charge in [0.15, 0.2) is 0 Å². The maximum absolute atomic E-state index is 12.7. The van der Waals surface area contributed by atoms with Crippen molar-refractivity contribution in [2.75, 3.05) is 26.9 Å². The van der Waals surface area contributed by atoms with Crippen LogP contribution in [-0.4, -0.2) is 42.6 Å². The van der Waals surface area contributed by atoms with E-state index in [0.29, 0.717) is 25.1 Å². The number of carbonyl (C=O) groups excluding carboxylic acids is 1. The highest BCUT2D eigenvalue weighted by Gasteiger charge is 2.35. The van der Waals surface area contributed by atoms with E-state index in [0.717, 1.165) is 29.5 Å². The van der Waals surface area contributed by atoms with Gasteiger partial charge in [-0.05, 0) is 36.6 Å². The molecule has 2 heterocycles. The standard InChI is InChI=1S/C23H25N3O4/c1-29-19-8-6-18(7-9-19)23(10-12-30-13-11-23)16-24-21(27)15-26-22(28)20-5-3-2-4-17(20)14-25-26/h2-9,14H,10-13,15-16H2,1H3,(H,24,27). The van der Waals surface area contributed by atoms with Crippen LogP contribution in [0.2, 0.25) is 0 Å². The number of nitrogens with one attached hydrogen (secondary N) is 1. The van der Waals surface area contributed by atoms with Crippen molar-refractivity contribution in [2.45, 2.75) is 24.8 Å². The molecule has 0 atom stereocenters. The van der Waals surface area contributed by atoms with E-state index in [9.17, 15) is 9.59 Å². The van der Waals surface area contributed by atoms with Crippen LogP contribution in [0.15, 0.2) is 59.5 Å². The molecule has 4 rings (SSSR count). The van der Waals surface area contributed by atoms with E-state index < -0.39 is 0 Å². The van der Waals surface area contributed by atoms with E-state index in [1.165, 1.54) is 4.68 Å². The summed E-state index contributed by atoms with van der Waals surface area (Å²) in [5, 5.41) is 8.48. The van der Waals surface area contributed by atoms with Gasteiger partial charge in [0.05, 0.1) is 18.7 Å². The first kappa shape index (κ1) is 20.1. The molecule has 0 saturated carbocycles. The number of methoxy groups -OCH3 is 1. The third-order valence-corrected chi connectivity index (χ3v) is 5.83. The molecule has 1 aromatic heterocycles. The zero-order valence-corrected chi connectivity index (χ0v) is 17.0. The Bertz CT molecular complexity index is 1090. The van der Waals surface area contributed by atoms with Crippen molar-refractivity contribution >= 4 is 16.7 Å². The van der Waals surface area contributed by atoms with Crippen LogP contribution in [0.4, 0.5) is 0 Å². The van der Waals surface area contributed by atoms with Gasteiger partial charge in [-0.15, -0.1) is 0 Å². The average molecular weight is 407 g/mol. The number of hydrogen-bond donors (Lipinski definition) is 1. The van der Waals surface area contributed by atoms with Crippen molar-refractivity contribution in [1.29, 1.82) is 0 Å². The Morgan fingerprint density at radius 1 is 1.17 bits per heavy atom. The van der Waals surface area contributed by atoms with Gasteiger partial charge in [0, 0.05) is 30.6 Å². The van der Waals surface area contributed by atoms with Crippen LogP contribution in [0.25, 0.3) is 10.8 Å². The molecule has 1 amide bonds. The van der Waals surface area contributed by atoms with Gasteiger partial charge in [-0.25, -0.2) is 4.68 Å². The minimum Gasteiger partial charge on any atom is -0.497 e. The smallest absolute Gasteiger partial charge is 0.275 e. The summed E-state index contributed by atoms with van der Waals surface area (Å²) in [5.41, 5.74) is 0.675. The summed E-state index contributed by atoms with van der Waals surface area (Å²) < 4.78 is 12.0. The summed E-state index contributed by atoms with van der Waals surface area (Å²) in [7, 11) is 1.64. The highest BCUT2D eigenvalue weighted by molar-refractivity contribution is 5.81. The third-order valence-electron chi connectivity index (χ3n) is 5.83. The monoisotopic (exact) mass is 407 g/mol. The molecule has 0 spiro atoms. The number of ether oxygens (including phenoxy) is 2. The SMILES string of the molecule is COc1ccc(C2(CNC(=O)Cn3ncc4ccccc4c3=O)CCOCC2)cc1. The molecule has 7 heteroatoms.